The first-order valence-corrected chi connectivity index (χ1v) is 12.5. The van der Waals surface area contributed by atoms with Crippen molar-refractivity contribution in [2.75, 3.05) is 23.1 Å². The largest absolute Gasteiger partial charge is 0.354 e. The standard InChI is InChI=1S/C22H29ClN2O3S2/c1-16-6-10-19(11-7-16)30(27,28)25(20-14-18(23)9-8-17(20)2)15-21(26)24-12-13-29-22(3,4)5/h6-11,14H,12-13,15H2,1-5H3,(H,24,26). The maximum absolute atomic E-state index is 13.4. The van der Waals surface area contributed by atoms with Gasteiger partial charge in [0.1, 0.15) is 6.54 Å². The van der Waals surface area contributed by atoms with Gasteiger partial charge in [-0.05, 0) is 43.7 Å². The number of hydrogen-bond donors (Lipinski definition) is 1. The number of carbonyl (C=O) groups is 1. The van der Waals surface area contributed by atoms with E-state index in [0.717, 1.165) is 15.6 Å². The van der Waals surface area contributed by atoms with Crippen LogP contribution >= 0.6 is 23.4 Å². The van der Waals surface area contributed by atoms with E-state index in [1.807, 2.05) is 6.92 Å². The molecule has 2 rings (SSSR count). The molecule has 0 radical (unpaired) electrons. The summed E-state index contributed by atoms with van der Waals surface area (Å²) < 4.78 is 28.0. The zero-order valence-corrected chi connectivity index (χ0v) is 20.4. The first-order valence-electron chi connectivity index (χ1n) is 9.66. The molecule has 1 amide bonds. The Morgan fingerprint density at radius 3 is 2.33 bits per heavy atom. The number of halogens is 1. The van der Waals surface area contributed by atoms with Crippen molar-refractivity contribution in [2.45, 2.75) is 44.3 Å². The van der Waals surface area contributed by atoms with Crippen molar-refractivity contribution in [1.82, 2.24) is 5.32 Å². The van der Waals surface area contributed by atoms with Crippen LogP contribution < -0.4 is 9.62 Å². The Morgan fingerprint density at radius 1 is 1.10 bits per heavy atom. The minimum atomic E-state index is -3.95. The first-order chi connectivity index (χ1) is 13.9. The Hall–Kier alpha value is -1.70. The van der Waals surface area contributed by atoms with Crippen LogP contribution in [0.2, 0.25) is 5.02 Å². The van der Waals surface area contributed by atoms with E-state index in [4.69, 9.17) is 11.6 Å². The molecular formula is C22H29ClN2O3S2. The zero-order valence-electron chi connectivity index (χ0n) is 18.0. The lowest BCUT2D eigenvalue weighted by Gasteiger charge is -2.26. The maximum atomic E-state index is 13.4. The Labute approximate surface area is 189 Å². The minimum absolute atomic E-state index is 0.101. The van der Waals surface area contributed by atoms with Gasteiger partial charge in [-0.1, -0.05) is 56.1 Å². The molecule has 164 valence electrons. The number of aryl methyl sites for hydroxylation is 2. The quantitative estimate of drug-likeness (QED) is 0.565. The molecule has 0 saturated carbocycles. The molecule has 0 aliphatic carbocycles. The molecule has 0 saturated heterocycles. The first kappa shape index (κ1) is 24.6. The van der Waals surface area contributed by atoms with Gasteiger partial charge < -0.3 is 5.32 Å². The molecule has 0 bridgehead atoms. The van der Waals surface area contributed by atoms with Crippen molar-refractivity contribution >= 4 is 45.0 Å². The van der Waals surface area contributed by atoms with Crippen LogP contribution in [0.1, 0.15) is 31.9 Å². The molecule has 0 fully saturated rings. The van der Waals surface area contributed by atoms with E-state index in [2.05, 4.69) is 26.1 Å². The lowest BCUT2D eigenvalue weighted by Crippen LogP contribution is -2.41. The molecular weight excluding hydrogens is 440 g/mol. The summed E-state index contributed by atoms with van der Waals surface area (Å²) in [7, 11) is -3.95. The van der Waals surface area contributed by atoms with Gasteiger partial charge in [-0.3, -0.25) is 9.10 Å². The van der Waals surface area contributed by atoms with Crippen molar-refractivity contribution in [3.05, 3.63) is 58.6 Å². The third kappa shape index (κ3) is 6.93. The number of thioether (sulfide) groups is 1. The van der Waals surface area contributed by atoms with Crippen LogP contribution in [0.25, 0.3) is 0 Å². The van der Waals surface area contributed by atoms with E-state index in [1.54, 1.807) is 61.2 Å². The van der Waals surface area contributed by atoms with Gasteiger partial charge in [0.05, 0.1) is 10.6 Å². The third-order valence-electron chi connectivity index (χ3n) is 4.30. The summed E-state index contributed by atoms with van der Waals surface area (Å²) in [5.41, 5.74) is 2.06. The van der Waals surface area contributed by atoms with Crippen LogP contribution in [-0.4, -0.2) is 37.9 Å². The van der Waals surface area contributed by atoms with Gasteiger partial charge in [0.2, 0.25) is 5.91 Å². The summed E-state index contributed by atoms with van der Waals surface area (Å²) >= 11 is 7.87. The second-order valence-electron chi connectivity index (χ2n) is 8.07. The van der Waals surface area contributed by atoms with E-state index in [-0.39, 0.29) is 22.1 Å². The van der Waals surface area contributed by atoms with Gasteiger partial charge in [0.25, 0.3) is 10.0 Å². The van der Waals surface area contributed by atoms with Crippen molar-refractivity contribution in [2.24, 2.45) is 0 Å². The molecule has 0 unspecified atom stereocenters. The normalized spacial score (nSPS) is 11.9. The van der Waals surface area contributed by atoms with E-state index < -0.39 is 10.0 Å². The maximum Gasteiger partial charge on any atom is 0.264 e. The number of hydrogen-bond acceptors (Lipinski definition) is 4. The highest BCUT2D eigenvalue weighted by molar-refractivity contribution is 8.00. The van der Waals surface area contributed by atoms with Crippen LogP contribution in [0.5, 0.6) is 0 Å². The van der Waals surface area contributed by atoms with Crippen molar-refractivity contribution in [3.8, 4) is 0 Å². The van der Waals surface area contributed by atoms with Gasteiger partial charge in [-0.15, -0.1) is 0 Å². The number of carbonyl (C=O) groups excluding carboxylic acids is 1. The van der Waals surface area contributed by atoms with Crippen molar-refractivity contribution in [3.63, 3.8) is 0 Å². The fraction of sp³-hybridized carbons (Fsp3) is 0.409. The smallest absolute Gasteiger partial charge is 0.264 e. The Bertz CT molecular complexity index is 984. The Balaban J connectivity index is 2.29. The van der Waals surface area contributed by atoms with Crippen LogP contribution in [-0.2, 0) is 14.8 Å². The van der Waals surface area contributed by atoms with Crippen LogP contribution in [0.3, 0.4) is 0 Å². The molecule has 30 heavy (non-hydrogen) atoms. The summed E-state index contributed by atoms with van der Waals surface area (Å²) in [6.45, 7) is 10.1. The van der Waals surface area contributed by atoms with Crippen LogP contribution in [0, 0.1) is 13.8 Å². The Kier molecular flexibility index (Phi) is 8.25. The molecule has 8 heteroatoms. The predicted octanol–water partition coefficient (Wildman–Crippen LogP) is 4.80. The van der Waals surface area contributed by atoms with Crippen molar-refractivity contribution < 1.29 is 13.2 Å². The summed E-state index contributed by atoms with van der Waals surface area (Å²) in [4.78, 5) is 12.7. The van der Waals surface area contributed by atoms with Crippen LogP contribution in [0.4, 0.5) is 5.69 Å². The molecule has 0 aliphatic heterocycles. The molecule has 1 N–H and O–H groups in total. The van der Waals surface area contributed by atoms with E-state index in [1.165, 1.54) is 0 Å². The summed E-state index contributed by atoms with van der Waals surface area (Å²) in [6.07, 6.45) is 0. The number of nitrogens with one attached hydrogen (secondary N) is 1. The zero-order chi connectivity index (χ0) is 22.5. The van der Waals surface area contributed by atoms with E-state index >= 15 is 0 Å². The SMILES string of the molecule is Cc1ccc(S(=O)(=O)N(CC(=O)NCCSC(C)(C)C)c2cc(Cl)ccc2C)cc1. The number of anilines is 1. The highest BCUT2D eigenvalue weighted by atomic mass is 35.5. The van der Waals surface area contributed by atoms with Gasteiger partial charge in [-0.25, -0.2) is 8.42 Å². The lowest BCUT2D eigenvalue weighted by atomic mass is 10.2. The summed E-state index contributed by atoms with van der Waals surface area (Å²) in [5.74, 6) is 0.385. The molecule has 5 nitrogen and oxygen atoms in total. The molecule has 0 aromatic heterocycles. The average Bonchev–Trinajstić information content (AvgIpc) is 2.65. The number of sulfonamides is 1. The Morgan fingerprint density at radius 2 is 1.73 bits per heavy atom. The van der Waals surface area contributed by atoms with Gasteiger partial charge in [0, 0.05) is 22.1 Å². The van der Waals surface area contributed by atoms with Gasteiger partial charge >= 0.3 is 0 Å². The second-order valence-corrected chi connectivity index (χ2v) is 12.3. The highest BCUT2D eigenvalue weighted by Gasteiger charge is 2.28. The number of amides is 1. The third-order valence-corrected chi connectivity index (χ3v) is 7.58. The molecule has 0 aliphatic rings. The average molecular weight is 469 g/mol. The number of rotatable bonds is 8. The summed E-state index contributed by atoms with van der Waals surface area (Å²) in [5, 5.41) is 3.23. The van der Waals surface area contributed by atoms with Crippen molar-refractivity contribution in [1.29, 1.82) is 0 Å². The summed E-state index contributed by atoms with van der Waals surface area (Å²) in [6, 6.07) is 11.6. The topological polar surface area (TPSA) is 66.5 Å². The fourth-order valence-corrected chi connectivity index (χ4v) is 5.18. The fourth-order valence-electron chi connectivity index (χ4n) is 2.72. The predicted molar refractivity (Wildman–Crippen MR) is 127 cm³/mol. The van der Waals surface area contributed by atoms with Gasteiger partial charge in [-0.2, -0.15) is 11.8 Å². The molecule has 0 heterocycles. The second kappa shape index (κ2) is 10.1. The molecule has 2 aromatic carbocycles. The van der Waals surface area contributed by atoms with E-state index in [0.29, 0.717) is 22.8 Å². The number of nitrogens with zero attached hydrogens (tertiary/aromatic N) is 1. The van der Waals surface area contributed by atoms with Crippen LogP contribution in [0.15, 0.2) is 47.4 Å². The van der Waals surface area contributed by atoms with E-state index in [9.17, 15) is 13.2 Å². The molecule has 0 atom stereocenters. The number of benzene rings is 2. The minimum Gasteiger partial charge on any atom is -0.354 e. The highest BCUT2D eigenvalue weighted by Crippen LogP contribution is 2.29. The van der Waals surface area contributed by atoms with Gasteiger partial charge in [0.15, 0.2) is 0 Å². The molecule has 0 spiro atoms. The monoisotopic (exact) mass is 468 g/mol. The molecule has 2 aromatic rings. The lowest BCUT2D eigenvalue weighted by molar-refractivity contribution is -0.119.